The molecule has 0 atom stereocenters. The molecule has 4 heteroatoms. The molecule has 2 heterocycles. The molecule has 0 spiro atoms. The first-order valence-electron chi connectivity index (χ1n) is 24.7. The predicted molar refractivity (Wildman–Crippen MR) is 305 cm³/mol. The fourth-order valence-electron chi connectivity index (χ4n) is 11.3. The van der Waals surface area contributed by atoms with Crippen molar-refractivity contribution in [2.75, 3.05) is 9.80 Å². The maximum absolute atomic E-state index is 2.47. The van der Waals surface area contributed by atoms with Gasteiger partial charge in [-0.2, -0.15) is 0 Å². The number of hydrogen-bond donors (Lipinski definition) is 0. The monoisotopic (exact) mass is 918 g/mol. The maximum Gasteiger partial charge on any atom is 0.0562 e. The van der Waals surface area contributed by atoms with Gasteiger partial charge in [0.1, 0.15) is 0 Å². The first-order valence-corrected chi connectivity index (χ1v) is 24.7. The fourth-order valence-corrected chi connectivity index (χ4v) is 11.3. The molecule has 0 saturated carbocycles. The first kappa shape index (κ1) is 41.3. The molecule has 14 aromatic rings. The molecule has 0 amide bonds. The van der Waals surface area contributed by atoms with Crippen LogP contribution in [0.25, 0.3) is 87.7 Å². The van der Waals surface area contributed by atoms with Gasteiger partial charge in [-0.3, -0.25) is 0 Å². The zero-order chi connectivity index (χ0) is 47.5. The zero-order valence-corrected chi connectivity index (χ0v) is 39.3. The summed E-state index contributed by atoms with van der Waals surface area (Å²) in [5.74, 6) is 0. The smallest absolute Gasteiger partial charge is 0.0562 e. The Kier molecular flexibility index (Phi) is 9.82. The van der Waals surface area contributed by atoms with Crippen molar-refractivity contribution in [3.05, 3.63) is 279 Å². The number of para-hydroxylation sites is 6. The van der Waals surface area contributed by atoms with E-state index in [1.165, 1.54) is 54.2 Å². The van der Waals surface area contributed by atoms with Crippen LogP contribution in [0.4, 0.5) is 34.1 Å². The van der Waals surface area contributed by atoms with Gasteiger partial charge in [0.15, 0.2) is 0 Å². The van der Waals surface area contributed by atoms with E-state index in [-0.39, 0.29) is 0 Å². The van der Waals surface area contributed by atoms with Crippen molar-refractivity contribution < 1.29 is 0 Å². The molecule has 2 aromatic heterocycles. The highest BCUT2D eigenvalue weighted by molar-refractivity contribution is 6.18. The highest BCUT2D eigenvalue weighted by atomic mass is 15.2. The van der Waals surface area contributed by atoms with Crippen molar-refractivity contribution in [1.82, 2.24) is 9.13 Å². The van der Waals surface area contributed by atoms with Crippen LogP contribution in [0.1, 0.15) is 0 Å². The molecule has 0 fully saturated rings. The predicted octanol–water partition coefficient (Wildman–Crippen LogP) is 18.8. The van der Waals surface area contributed by atoms with Gasteiger partial charge in [0.2, 0.25) is 0 Å². The van der Waals surface area contributed by atoms with E-state index in [4.69, 9.17) is 0 Å². The molecule has 0 radical (unpaired) electrons. The van der Waals surface area contributed by atoms with Gasteiger partial charge >= 0.3 is 0 Å². The number of benzene rings is 12. The molecule has 0 aliphatic heterocycles. The molecular weight excluding hydrogens is 873 g/mol. The lowest BCUT2D eigenvalue weighted by Gasteiger charge is -2.31. The lowest BCUT2D eigenvalue weighted by atomic mass is 9.92. The number of anilines is 6. The minimum Gasteiger partial charge on any atom is -0.310 e. The van der Waals surface area contributed by atoms with E-state index in [9.17, 15) is 0 Å². The third-order valence-electron chi connectivity index (χ3n) is 14.4. The molecule has 72 heavy (non-hydrogen) atoms. The van der Waals surface area contributed by atoms with Crippen LogP contribution in [-0.4, -0.2) is 9.13 Å². The Bertz CT molecular complexity index is 4330. The van der Waals surface area contributed by atoms with E-state index < -0.39 is 0 Å². The Balaban J connectivity index is 1.08. The normalized spacial score (nSPS) is 11.6. The standard InChI is InChI=1S/C68H46N4/c1-5-23-49(24-6-1)69(53-40-41-60-59-34-17-19-36-63(59)72(67(60)46-53)52-29-11-4-12-30-52)54-42-48(62-44-47-22-13-14-31-56(47)57-32-15-16-33-58(57)62)43-55(45-54)70(50-25-7-2-8-26-50)65-38-21-39-66-68(65)61-35-18-20-37-64(61)71(66)51-27-9-3-10-28-51/h1-46H. The second-order valence-electron chi connectivity index (χ2n) is 18.5. The summed E-state index contributed by atoms with van der Waals surface area (Å²) in [5.41, 5.74) is 15.5. The van der Waals surface area contributed by atoms with Gasteiger partial charge in [0.05, 0.1) is 27.8 Å². The molecular formula is C68H46N4. The molecule has 0 saturated heterocycles. The van der Waals surface area contributed by atoms with Gasteiger partial charge in [-0.1, -0.05) is 170 Å². The number of fused-ring (bicyclic) bond motifs is 9. The number of hydrogen-bond acceptors (Lipinski definition) is 2. The number of nitrogens with zero attached hydrogens (tertiary/aromatic N) is 4. The Labute approximate surface area is 417 Å². The van der Waals surface area contributed by atoms with E-state index in [0.717, 1.165) is 67.6 Å². The SMILES string of the molecule is c1ccc(N(c2cc(-c3cc4ccccc4c4ccccc34)cc(N(c3ccccc3)c3cccc4c3c3ccccc3n4-c3ccccc3)c2)c2ccc3c4ccccc4n(-c4ccccc4)c3c2)cc1. The minimum absolute atomic E-state index is 1.03. The molecule has 14 rings (SSSR count). The van der Waals surface area contributed by atoms with Crippen molar-refractivity contribution in [3.63, 3.8) is 0 Å². The van der Waals surface area contributed by atoms with Crippen LogP contribution >= 0.6 is 0 Å². The summed E-state index contributed by atoms with van der Waals surface area (Å²) in [5, 5.41) is 9.70. The third kappa shape index (κ3) is 6.76. The molecule has 338 valence electrons. The van der Waals surface area contributed by atoms with Crippen LogP contribution in [0.2, 0.25) is 0 Å². The Morgan fingerprint density at radius 3 is 1.42 bits per heavy atom. The van der Waals surface area contributed by atoms with Crippen LogP contribution in [-0.2, 0) is 0 Å². The van der Waals surface area contributed by atoms with Gasteiger partial charge in [-0.05, 0) is 142 Å². The Morgan fingerprint density at radius 2 is 0.736 bits per heavy atom. The van der Waals surface area contributed by atoms with E-state index in [0.29, 0.717) is 0 Å². The summed E-state index contributed by atoms with van der Waals surface area (Å²) < 4.78 is 4.81. The second-order valence-corrected chi connectivity index (χ2v) is 18.5. The lowest BCUT2D eigenvalue weighted by Crippen LogP contribution is -2.14. The summed E-state index contributed by atoms with van der Waals surface area (Å²) in [6.45, 7) is 0. The van der Waals surface area contributed by atoms with Crippen molar-refractivity contribution in [2.45, 2.75) is 0 Å². The quantitative estimate of drug-likeness (QED) is 0.134. The van der Waals surface area contributed by atoms with E-state index in [1.807, 2.05) is 0 Å². The fraction of sp³-hybridized carbons (Fsp3) is 0. The second kappa shape index (κ2) is 17.1. The zero-order valence-electron chi connectivity index (χ0n) is 39.3. The summed E-state index contributed by atoms with van der Waals surface area (Å²) in [7, 11) is 0. The molecule has 0 unspecified atom stereocenters. The van der Waals surface area contributed by atoms with Crippen LogP contribution in [0.5, 0.6) is 0 Å². The molecule has 4 nitrogen and oxygen atoms in total. The van der Waals surface area contributed by atoms with Gasteiger partial charge in [0, 0.05) is 61.4 Å². The minimum atomic E-state index is 1.03. The average molecular weight is 919 g/mol. The Morgan fingerprint density at radius 1 is 0.250 bits per heavy atom. The van der Waals surface area contributed by atoms with Gasteiger partial charge < -0.3 is 18.9 Å². The van der Waals surface area contributed by atoms with E-state index in [2.05, 4.69) is 298 Å². The van der Waals surface area contributed by atoms with Gasteiger partial charge in [-0.15, -0.1) is 0 Å². The maximum atomic E-state index is 2.47. The Hall–Kier alpha value is -9.64. The largest absolute Gasteiger partial charge is 0.310 e. The number of aromatic nitrogens is 2. The van der Waals surface area contributed by atoms with Gasteiger partial charge in [0.25, 0.3) is 0 Å². The number of rotatable bonds is 9. The average Bonchev–Trinajstić information content (AvgIpc) is 3.97. The van der Waals surface area contributed by atoms with Crippen molar-refractivity contribution >= 4 is 99.3 Å². The third-order valence-corrected chi connectivity index (χ3v) is 14.4. The van der Waals surface area contributed by atoms with Crippen LogP contribution in [0, 0.1) is 0 Å². The molecule has 0 aliphatic rings. The van der Waals surface area contributed by atoms with Crippen LogP contribution < -0.4 is 9.80 Å². The molecule has 0 bridgehead atoms. The van der Waals surface area contributed by atoms with Gasteiger partial charge in [-0.25, -0.2) is 0 Å². The van der Waals surface area contributed by atoms with E-state index in [1.54, 1.807) is 0 Å². The lowest BCUT2D eigenvalue weighted by molar-refractivity contribution is 1.18. The van der Waals surface area contributed by atoms with Crippen molar-refractivity contribution in [2.24, 2.45) is 0 Å². The van der Waals surface area contributed by atoms with Crippen LogP contribution in [0.15, 0.2) is 279 Å². The first-order chi connectivity index (χ1) is 35.7. The summed E-state index contributed by atoms with van der Waals surface area (Å²) in [4.78, 5) is 4.91. The molecule has 0 aliphatic carbocycles. The van der Waals surface area contributed by atoms with Crippen molar-refractivity contribution in [3.8, 4) is 22.5 Å². The molecule has 0 N–H and O–H groups in total. The van der Waals surface area contributed by atoms with E-state index >= 15 is 0 Å². The molecule has 12 aromatic carbocycles. The topological polar surface area (TPSA) is 16.3 Å². The van der Waals surface area contributed by atoms with Crippen LogP contribution in [0.3, 0.4) is 0 Å². The summed E-state index contributed by atoms with van der Waals surface area (Å²) in [6, 6.07) is 102. The van der Waals surface area contributed by atoms with Crippen molar-refractivity contribution in [1.29, 1.82) is 0 Å². The summed E-state index contributed by atoms with van der Waals surface area (Å²) >= 11 is 0. The summed E-state index contributed by atoms with van der Waals surface area (Å²) in [6.07, 6.45) is 0. The highest BCUT2D eigenvalue weighted by Gasteiger charge is 2.25. The highest BCUT2D eigenvalue weighted by Crippen LogP contribution is 2.49.